The van der Waals surface area contributed by atoms with Crippen molar-refractivity contribution in [2.75, 3.05) is 18.6 Å². The maximum Gasteiger partial charge on any atom is 0.119 e. The number of rotatable bonds is 6. The van der Waals surface area contributed by atoms with E-state index >= 15 is 0 Å². The smallest absolute Gasteiger partial charge is 0.119 e. The minimum Gasteiger partial charge on any atom is -0.497 e. The Morgan fingerprint density at radius 3 is 2.91 bits per heavy atom. The summed E-state index contributed by atoms with van der Waals surface area (Å²) < 4.78 is 5.37. The van der Waals surface area contributed by atoms with E-state index in [-0.39, 0.29) is 0 Å². The third-order valence-corrected chi connectivity index (χ3v) is 5.68. The molecule has 1 saturated heterocycles. The van der Waals surface area contributed by atoms with Crippen LogP contribution in [0.3, 0.4) is 0 Å². The van der Waals surface area contributed by atoms with Gasteiger partial charge in [-0.05, 0) is 61.0 Å². The molecule has 2 N–H and O–H groups in total. The highest BCUT2D eigenvalue weighted by molar-refractivity contribution is 7.99. The van der Waals surface area contributed by atoms with Crippen LogP contribution in [0.25, 0.3) is 10.9 Å². The minimum atomic E-state index is 0.554. The molecule has 22 heavy (non-hydrogen) atoms. The van der Waals surface area contributed by atoms with Crippen molar-refractivity contribution < 1.29 is 4.74 Å². The Balaban J connectivity index is 1.72. The number of H-pyrrole nitrogens is 1. The largest absolute Gasteiger partial charge is 0.497 e. The van der Waals surface area contributed by atoms with Gasteiger partial charge >= 0.3 is 0 Å². The maximum atomic E-state index is 5.37. The highest BCUT2D eigenvalue weighted by Crippen LogP contribution is 2.25. The average molecular weight is 318 g/mol. The highest BCUT2D eigenvalue weighted by atomic mass is 32.2. The number of fused-ring (bicyclic) bond motifs is 1. The molecule has 1 aromatic heterocycles. The molecule has 3 nitrogen and oxygen atoms in total. The van der Waals surface area contributed by atoms with Gasteiger partial charge in [0.05, 0.1) is 7.11 Å². The molecule has 0 saturated carbocycles. The van der Waals surface area contributed by atoms with Crippen LogP contribution in [0.15, 0.2) is 24.4 Å². The lowest BCUT2D eigenvalue weighted by Gasteiger charge is -2.27. The van der Waals surface area contributed by atoms with Crippen LogP contribution in [0.2, 0.25) is 0 Å². The Kier molecular flexibility index (Phi) is 5.32. The molecule has 2 aromatic rings. The van der Waals surface area contributed by atoms with Crippen LogP contribution in [0.4, 0.5) is 0 Å². The zero-order chi connectivity index (χ0) is 15.4. The summed E-state index contributed by atoms with van der Waals surface area (Å²) in [6.45, 7) is 2.28. The minimum absolute atomic E-state index is 0.554. The van der Waals surface area contributed by atoms with Gasteiger partial charge in [-0.25, -0.2) is 0 Å². The Bertz CT molecular complexity index is 604. The molecular formula is C18H26N2OS. The van der Waals surface area contributed by atoms with Gasteiger partial charge in [0.15, 0.2) is 0 Å². The summed E-state index contributed by atoms with van der Waals surface area (Å²) in [6.07, 6.45) is 7.02. The predicted molar refractivity (Wildman–Crippen MR) is 96.1 cm³/mol. The summed E-state index contributed by atoms with van der Waals surface area (Å²) in [4.78, 5) is 3.39. The van der Waals surface area contributed by atoms with Crippen molar-refractivity contribution in [2.45, 2.75) is 44.7 Å². The number of aromatic amines is 1. The van der Waals surface area contributed by atoms with Gasteiger partial charge in [-0.3, -0.25) is 0 Å². The molecule has 1 aliphatic heterocycles. The molecule has 0 aliphatic carbocycles. The lowest BCUT2D eigenvalue weighted by Crippen LogP contribution is -2.41. The van der Waals surface area contributed by atoms with E-state index in [1.807, 2.05) is 6.07 Å². The molecule has 0 amide bonds. The van der Waals surface area contributed by atoms with Crippen LogP contribution in [-0.2, 0) is 6.42 Å². The van der Waals surface area contributed by atoms with Crippen LogP contribution in [-0.4, -0.2) is 35.7 Å². The Morgan fingerprint density at radius 2 is 2.18 bits per heavy atom. The summed E-state index contributed by atoms with van der Waals surface area (Å²) >= 11 is 2.09. The molecule has 0 radical (unpaired) electrons. The number of methoxy groups -OCH3 is 1. The van der Waals surface area contributed by atoms with Crippen molar-refractivity contribution in [2.24, 2.45) is 0 Å². The van der Waals surface area contributed by atoms with Crippen LogP contribution in [0.5, 0.6) is 5.75 Å². The van der Waals surface area contributed by atoms with E-state index in [4.69, 9.17) is 4.74 Å². The molecule has 2 heterocycles. The number of ether oxygens (including phenoxy) is 1. The van der Waals surface area contributed by atoms with Gasteiger partial charge in [0.25, 0.3) is 0 Å². The molecule has 1 atom stereocenters. The molecule has 120 valence electrons. The third kappa shape index (κ3) is 3.61. The highest BCUT2D eigenvalue weighted by Gasteiger charge is 2.18. The molecule has 1 aromatic carbocycles. The molecule has 1 unspecified atom stereocenters. The fourth-order valence-corrected chi connectivity index (χ4v) is 4.34. The van der Waals surface area contributed by atoms with E-state index in [0.717, 1.165) is 12.2 Å². The van der Waals surface area contributed by atoms with Crippen molar-refractivity contribution >= 4 is 22.7 Å². The molecule has 0 spiro atoms. The van der Waals surface area contributed by atoms with Crippen molar-refractivity contribution in [1.29, 1.82) is 0 Å². The van der Waals surface area contributed by atoms with Gasteiger partial charge in [0.2, 0.25) is 0 Å². The second-order valence-electron chi connectivity index (χ2n) is 6.09. The fourth-order valence-electron chi connectivity index (χ4n) is 3.24. The topological polar surface area (TPSA) is 37.0 Å². The van der Waals surface area contributed by atoms with E-state index < -0.39 is 0 Å². The summed E-state index contributed by atoms with van der Waals surface area (Å²) in [5.41, 5.74) is 2.58. The fraction of sp³-hybridized carbons (Fsp3) is 0.556. The lowest BCUT2D eigenvalue weighted by atomic mass is 10.0. The quantitative estimate of drug-likeness (QED) is 0.846. The normalized spacial score (nSPS) is 17.7. The standard InChI is InChI=1S/C18H26N2OS/c1-3-14(20-15-6-8-22-9-7-15)10-13-12-19-18-5-4-16(21-2)11-17(13)18/h4-5,11-12,14-15,19-20H,3,6-10H2,1-2H3. The van der Waals surface area contributed by atoms with Crippen molar-refractivity contribution in [1.82, 2.24) is 10.3 Å². The van der Waals surface area contributed by atoms with Crippen molar-refractivity contribution in [3.05, 3.63) is 30.0 Å². The lowest BCUT2D eigenvalue weighted by molar-refractivity contribution is 0.396. The first kappa shape index (κ1) is 15.8. The first-order chi connectivity index (χ1) is 10.8. The van der Waals surface area contributed by atoms with Crippen LogP contribution < -0.4 is 10.1 Å². The number of aromatic nitrogens is 1. The van der Waals surface area contributed by atoms with Gasteiger partial charge in [-0.15, -0.1) is 0 Å². The van der Waals surface area contributed by atoms with E-state index in [1.54, 1.807) is 7.11 Å². The first-order valence-electron chi connectivity index (χ1n) is 8.28. The molecular weight excluding hydrogens is 292 g/mol. The maximum absolute atomic E-state index is 5.37. The number of hydrogen-bond acceptors (Lipinski definition) is 3. The molecule has 3 rings (SSSR count). The second kappa shape index (κ2) is 7.42. The van der Waals surface area contributed by atoms with Crippen molar-refractivity contribution in [3.63, 3.8) is 0 Å². The summed E-state index contributed by atoms with van der Waals surface area (Å²) in [5, 5.41) is 5.17. The van der Waals surface area contributed by atoms with Crippen LogP contribution in [0, 0.1) is 0 Å². The third-order valence-electron chi connectivity index (χ3n) is 4.63. The van der Waals surface area contributed by atoms with Gasteiger partial charge < -0.3 is 15.0 Å². The van der Waals surface area contributed by atoms with E-state index in [1.165, 1.54) is 47.2 Å². The second-order valence-corrected chi connectivity index (χ2v) is 7.31. The SMILES string of the molecule is CCC(Cc1c[nH]c2ccc(OC)cc12)NC1CCSCC1. The zero-order valence-electron chi connectivity index (χ0n) is 13.5. The first-order valence-corrected chi connectivity index (χ1v) is 9.43. The predicted octanol–water partition coefficient (Wildman–Crippen LogP) is 3.98. The average Bonchev–Trinajstić information content (AvgIpc) is 2.97. The summed E-state index contributed by atoms with van der Waals surface area (Å²) in [6, 6.07) is 7.51. The van der Waals surface area contributed by atoms with Crippen LogP contribution >= 0.6 is 11.8 Å². The van der Waals surface area contributed by atoms with Gasteiger partial charge in [-0.2, -0.15) is 11.8 Å². The molecule has 1 fully saturated rings. The monoisotopic (exact) mass is 318 g/mol. The summed E-state index contributed by atoms with van der Waals surface area (Å²) in [7, 11) is 1.73. The van der Waals surface area contributed by atoms with E-state index in [9.17, 15) is 0 Å². The van der Waals surface area contributed by atoms with E-state index in [0.29, 0.717) is 12.1 Å². The number of nitrogens with one attached hydrogen (secondary N) is 2. The van der Waals surface area contributed by atoms with Gasteiger partial charge in [0, 0.05) is 29.2 Å². The molecule has 1 aliphatic rings. The molecule has 0 bridgehead atoms. The number of thioether (sulfide) groups is 1. The Hall–Kier alpha value is -1.13. The molecule has 4 heteroatoms. The van der Waals surface area contributed by atoms with Crippen LogP contribution in [0.1, 0.15) is 31.7 Å². The van der Waals surface area contributed by atoms with Crippen molar-refractivity contribution in [3.8, 4) is 5.75 Å². The summed E-state index contributed by atoms with van der Waals surface area (Å²) in [5.74, 6) is 3.54. The Labute approximate surface area is 137 Å². The Morgan fingerprint density at radius 1 is 1.36 bits per heavy atom. The van der Waals surface area contributed by atoms with Gasteiger partial charge in [-0.1, -0.05) is 6.92 Å². The number of benzene rings is 1. The van der Waals surface area contributed by atoms with E-state index in [2.05, 4.69) is 47.3 Å². The number of hydrogen-bond donors (Lipinski definition) is 2. The van der Waals surface area contributed by atoms with Gasteiger partial charge in [0.1, 0.15) is 5.75 Å². The zero-order valence-corrected chi connectivity index (χ0v) is 14.3.